The average molecular weight is 420 g/mol. The third-order valence-corrected chi connectivity index (χ3v) is 4.42. The molecular formula is C19H25N5O4S. The summed E-state index contributed by atoms with van der Waals surface area (Å²) in [6.45, 7) is 5.86. The van der Waals surface area contributed by atoms with Crippen molar-refractivity contribution >= 4 is 41.1 Å². The second-order valence-electron chi connectivity index (χ2n) is 6.59. The number of anilines is 2. The smallest absolute Gasteiger partial charge is 0.319 e. The number of benzene rings is 1. The van der Waals surface area contributed by atoms with Crippen LogP contribution in [-0.2, 0) is 16.1 Å². The summed E-state index contributed by atoms with van der Waals surface area (Å²) >= 11 is 1.21. The monoisotopic (exact) mass is 419 g/mol. The van der Waals surface area contributed by atoms with Gasteiger partial charge in [0, 0.05) is 24.3 Å². The molecule has 0 saturated heterocycles. The first-order valence-electron chi connectivity index (χ1n) is 9.06. The molecule has 0 aliphatic heterocycles. The molecule has 156 valence electrons. The fraction of sp³-hybridized carbons (Fsp3) is 0.368. The quantitative estimate of drug-likeness (QED) is 0.495. The van der Waals surface area contributed by atoms with Gasteiger partial charge in [-0.25, -0.2) is 4.79 Å². The van der Waals surface area contributed by atoms with E-state index in [2.05, 4.69) is 26.4 Å². The van der Waals surface area contributed by atoms with Crippen LogP contribution in [0.3, 0.4) is 0 Å². The lowest BCUT2D eigenvalue weighted by Crippen LogP contribution is -2.34. The number of aryl methyl sites for hydroxylation is 1. The minimum Gasteiger partial charge on any atom is -0.360 e. The molecule has 1 heterocycles. The number of nitrogens with zero attached hydrogens (tertiary/aromatic N) is 1. The number of nitrogens with one attached hydrogen (secondary N) is 4. The second kappa shape index (κ2) is 11.1. The molecule has 0 atom stereocenters. The highest BCUT2D eigenvalue weighted by Gasteiger charge is 2.09. The van der Waals surface area contributed by atoms with Crippen LogP contribution in [0.4, 0.5) is 16.3 Å². The van der Waals surface area contributed by atoms with E-state index in [1.165, 1.54) is 11.8 Å². The predicted octanol–water partition coefficient (Wildman–Crippen LogP) is 2.50. The molecule has 4 amide bonds. The van der Waals surface area contributed by atoms with Crippen molar-refractivity contribution in [1.29, 1.82) is 0 Å². The van der Waals surface area contributed by atoms with Crippen LogP contribution < -0.4 is 21.3 Å². The van der Waals surface area contributed by atoms with Gasteiger partial charge < -0.3 is 25.8 Å². The molecule has 0 aliphatic rings. The van der Waals surface area contributed by atoms with Gasteiger partial charge in [0.1, 0.15) is 5.76 Å². The van der Waals surface area contributed by atoms with E-state index in [9.17, 15) is 14.4 Å². The van der Waals surface area contributed by atoms with E-state index < -0.39 is 0 Å². The molecule has 0 bridgehead atoms. The van der Waals surface area contributed by atoms with Gasteiger partial charge in [-0.2, -0.15) is 0 Å². The lowest BCUT2D eigenvalue weighted by molar-refractivity contribution is -0.118. The fourth-order valence-corrected chi connectivity index (χ4v) is 2.87. The molecule has 0 fully saturated rings. The average Bonchev–Trinajstić information content (AvgIpc) is 3.05. The normalized spacial score (nSPS) is 10.5. The van der Waals surface area contributed by atoms with Crippen molar-refractivity contribution in [1.82, 2.24) is 15.8 Å². The second-order valence-corrected chi connectivity index (χ2v) is 7.58. The Hall–Kier alpha value is -3.01. The van der Waals surface area contributed by atoms with Gasteiger partial charge in [-0.1, -0.05) is 17.3 Å². The van der Waals surface area contributed by atoms with Crippen LogP contribution in [0, 0.1) is 6.92 Å². The lowest BCUT2D eigenvalue weighted by Gasteiger charge is -2.11. The lowest BCUT2D eigenvalue weighted by atomic mass is 10.2. The number of urea groups is 1. The van der Waals surface area contributed by atoms with Gasteiger partial charge in [-0.3, -0.25) is 9.59 Å². The minimum atomic E-state index is -0.263. The summed E-state index contributed by atoms with van der Waals surface area (Å²) in [6.07, 6.45) is 0. The van der Waals surface area contributed by atoms with Crippen LogP contribution >= 0.6 is 11.8 Å². The zero-order chi connectivity index (χ0) is 21.2. The van der Waals surface area contributed by atoms with Crippen molar-refractivity contribution in [3.63, 3.8) is 0 Å². The Labute approximate surface area is 173 Å². The minimum absolute atomic E-state index is 0.0555. The number of carbonyl (C=O) groups is 3. The molecule has 0 spiro atoms. The third-order valence-electron chi connectivity index (χ3n) is 3.48. The largest absolute Gasteiger partial charge is 0.360 e. The zero-order valence-electron chi connectivity index (χ0n) is 16.6. The maximum atomic E-state index is 11.9. The number of hydrogen-bond donors (Lipinski definition) is 4. The van der Waals surface area contributed by atoms with E-state index in [4.69, 9.17) is 4.52 Å². The van der Waals surface area contributed by atoms with Crippen LogP contribution in [0.1, 0.15) is 25.2 Å². The summed E-state index contributed by atoms with van der Waals surface area (Å²) in [5.41, 5.74) is 1.57. The fourth-order valence-electron chi connectivity index (χ4n) is 2.23. The molecule has 2 aromatic rings. The zero-order valence-corrected chi connectivity index (χ0v) is 17.4. The summed E-state index contributed by atoms with van der Waals surface area (Å²) in [5, 5.41) is 14.5. The SMILES string of the molecule is Cc1cc(NC(=O)CSCC(=O)NCc2ccc(NC(=O)NC(C)C)cc2)no1. The molecule has 0 radical (unpaired) electrons. The third kappa shape index (κ3) is 8.69. The Morgan fingerprint density at radius 2 is 1.76 bits per heavy atom. The number of aromatic nitrogens is 1. The van der Waals surface area contributed by atoms with Crippen LogP contribution in [-0.4, -0.2) is 40.5 Å². The molecule has 0 unspecified atom stereocenters. The first-order valence-corrected chi connectivity index (χ1v) is 10.2. The highest BCUT2D eigenvalue weighted by molar-refractivity contribution is 8.00. The highest BCUT2D eigenvalue weighted by Crippen LogP contribution is 2.10. The van der Waals surface area contributed by atoms with Crippen LogP contribution in [0.25, 0.3) is 0 Å². The van der Waals surface area contributed by atoms with Gasteiger partial charge in [0.05, 0.1) is 11.5 Å². The highest BCUT2D eigenvalue weighted by atomic mass is 32.2. The van der Waals surface area contributed by atoms with Crippen LogP contribution in [0.2, 0.25) is 0 Å². The number of carbonyl (C=O) groups excluding carboxylic acids is 3. The number of amides is 4. The Bertz CT molecular complexity index is 835. The van der Waals surface area contributed by atoms with Gasteiger partial charge in [-0.15, -0.1) is 11.8 Å². The van der Waals surface area contributed by atoms with Gasteiger partial charge >= 0.3 is 6.03 Å². The van der Waals surface area contributed by atoms with E-state index in [0.717, 1.165) is 5.56 Å². The van der Waals surface area contributed by atoms with Crippen molar-refractivity contribution < 1.29 is 18.9 Å². The van der Waals surface area contributed by atoms with Crippen LogP contribution in [0.15, 0.2) is 34.9 Å². The van der Waals surface area contributed by atoms with Crippen molar-refractivity contribution in [3.8, 4) is 0 Å². The summed E-state index contributed by atoms with van der Waals surface area (Å²) in [5.74, 6) is 0.852. The Morgan fingerprint density at radius 3 is 2.38 bits per heavy atom. The topological polar surface area (TPSA) is 125 Å². The van der Waals surface area contributed by atoms with Crippen molar-refractivity contribution in [2.24, 2.45) is 0 Å². The molecule has 1 aromatic carbocycles. The molecule has 9 nitrogen and oxygen atoms in total. The van der Waals surface area contributed by atoms with Crippen molar-refractivity contribution in [2.75, 3.05) is 22.1 Å². The van der Waals surface area contributed by atoms with Gasteiger partial charge in [0.25, 0.3) is 0 Å². The maximum absolute atomic E-state index is 11.9. The van der Waals surface area contributed by atoms with Gasteiger partial charge in [0.2, 0.25) is 11.8 Å². The molecule has 0 saturated carbocycles. The number of hydrogen-bond acceptors (Lipinski definition) is 6. The summed E-state index contributed by atoms with van der Waals surface area (Å²) < 4.78 is 4.86. The molecule has 4 N–H and O–H groups in total. The molecule has 10 heteroatoms. The number of thioether (sulfide) groups is 1. The number of rotatable bonds is 9. The summed E-state index contributed by atoms with van der Waals surface area (Å²) in [6, 6.07) is 8.60. The Balaban J connectivity index is 1.64. The first kappa shape index (κ1) is 22.3. The van der Waals surface area contributed by atoms with E-state index in [1.807, 2.05) is 26.0 Å². The Morgan fingerprint density at radius 1 is 1.07 bits per heavy atom. The van der Waals surface area contributed by atoms with Crippen LogP contribution in [0.5, 0.6) is 0 Å². The first-order chi connectivity index (χ1) is 13.8. The van der Waals surface area contributed by atoms with Crippen molar-refractivity contribution in [3.05, 3.63) is 41.7 Å². The maximum Gasteiger partial charge on any atom is 0.319 e. The van der Waals surface area contributed by atoms with Gasteiger partial charge in [-0.05, 0) is 38.5 Å². The predicted molar refractivity (Wildman–Crippen MR) is 113 cm³/mol. The summed E-state index contributed by atoms with van der Waals surface area (Å²) in [4.78, 5) is 35.3. The molecule has 0 aliphatic carbocycles. The molecular weight excluding hydrogens is 394 g/mol. The van der Waals surface area contributed by atoms with E-state index in [0.29, 0.717) is 23.8 Å². The van der Waals surface area contributed by atoms with E-state index in [1.54, 1.807) is 25.1 Å². The Kier molecular flexibility index (Phi) is 8.53. The van der Waals surface area contributed by atoms with E-state index >= 15 is 0 Å². The van der Waals surface area contributed by atoms with Crippen molar-refractivity contribution in [2.45, 2.75) is 33.4 Å². The standard InChI is InChI=1S/C19H25N5O4S/c1-12(2)21-19(27)22-15-6-4-14(5-7-15)9-20-17(25)10-29-11-18(26)23-16-8-13(3)28-24-16/h4-8,12H,9-11H2,1-3H3,(H,20,25)(H2,21,22,27)(H,23,24,26). The molecule has 1 aromatic heterocycles. The summed E-state index contributed by atoms with van der Waals surface area (Å²) in [7, 11) is 0. The molecule has 29 heavy (non-hydrogen) atoms. The van der Waals surface area contributed by atoms with Gasteiger partial charge in [0.15, 0.2) is 5.82 Å². The van der Waals surface area contributed by atoms with E-state index in [-0.39, 0.29) is 35.4 Å². The molecule has 2 rings (SSSR count).